The van der Waals surface area contributed by atoms with E-state index in [0.29, 0.717) is 17.0 Å². The Balaban J connectivity index is 2.48. The second kappa shape index (κ2) is 7.18. The van der Waals surface area contributed by atoms with Crippen LogP contribution < -0.4 is 5.32 Å². The number of phenolic OH excluding ortho intramolecular Hbond substituents is 1. The zero-order valence-corrected chi connectivity index (χ0v) is 15.4. The quantitative estimate of drug-likeness (QED) is 0.677. The van der Waals surface area contributed by atoms with Gasteiger partial charge in [-0.25, -0.2) is 0 Å². The van der Waals surface area contributed by atoms with Gasteiger partial charge in [-0.1, -0.05) is 45.9 Å². The normalized spacial score (nSPS) is 11.1. The molecule has 4 heteroatoms. The average molecular weight is 376 g/mol. The van der Waals surface area contributed by atoms with Gasteiger partial charge in [-0.2, -0.15) is 0 Å². The summed E-state index contributed by atoms with van der Waals surface area (Å²) in [6.07, 6.45) is 0. The van der Waals surface area contributed by atoms with Crippen molar-refractivity contribution in [2.45, 2.75) is 39.5 Å². The van der Waals surface area contributed by atoms with Crippen molar-refractivity contribution in [3.63, 3.8) is 0 Å². The lowest BCUT2D eigenvalue weighted by Crippen LogP contribution is -2.13. The first kappa shape index (κ1) is 17.5. The van der Waals surface area contributed by atoms with E-state index in [4.69, 9.17) is 0 Å². The molecule has 23 heavy (non-hydrogen) atoms. The molecule has 2 aromatic carbocycles. The number of hydrogen-bond donors (Lipinski definition) is 2. The minimum atomic E-state index is -0.165. The number of carbonyl (C=O) groups excluding carboxylic acids is 1. The van der Waals surface area contributed by atoms with Crippen LogP contribution in [0.25, 0.3) is 0 Å². The molecule has 1 amide bonds. The van der Waals surface area contributed by atoms with E-state index in [0.717, 1.165) is 15.6 Å². The summed E-state index contributed by atoms with van der Waals surface area (Å²) in [5, 5.41) is 13.5. The van der Waals surface area contributed by atoms with E-state index in [9.17, 15) is 9.90 Å². The molecule has 3 nitrogen and oxygen atoms in total. The summed E-state index contributed by atoms with van der Waals surface area (Å²) in [4.78, 5) is 12.4. The minimum absolute atomic E-state index is 0.135. The van der Waals surface area contributed by atoms with Gasteiger partial charge >= 0.3 is 0 Å². The molecule has 122 valence electrons. The maximum atomic E-state index is 12.4. The first-order valence-electron chi connectivity index (χ1n) is 7.74. The molecular formula is C19H22BrNO2. The third-order valence-electron chi connectivity index (χ3n) is 3.78. The van der Waals surface area contributed by atoms with Gasteiger partial charge < -0.3 is 10.4 Å². The fourth-order valence-electron chi connectivity index (χ4n) is 2.53. The Morgan fingerprint density at radius 2 is 1.70 bits per heavy atom. The number of carbonyl (C=O) groups is 1. The molecule has 2 rings (SSSR count). The van der Waals surface area contributed by atoms with E-state index in [1.165, 1.54) is 0 Å². The van der Waals surface area contributed by atoms with Crippen LogP contribution >= 0.6 is 15.9 Å². The van der Waals surface area contributed by atoms with E-state index in [1.54, 1.807) is 12.1 Å². The Kier molecular flexibility index (Phi) is 5.47. The Labute approximate surface area is 145 Å². The number of amides is 1. The molecular weight excluding hydrogens is 354 g/mol. The Morgan fingerprint density at radius 3 is 2.22 bits per heavy atom. The highest BCUT2D eigenvalue weighted by atomic mass is 79.9. The van der Waals surface area contributed by atoms with Crippen molar-refractivity contribution in [2.24, 2.45) is 0 Å². The van der Waals surface area contributed by atoms with Gasteiger partial charge in [-0.05, 0) is 51.5 Å². The number of halogens is 1. The van der Waals surface area contributed by atoms with Gasteiger partial charge in [-0.15, -0.1) is 0 Å². The van der Waals surface area contributed by atoms with Gasteiger partial charge in [0.15, 0.2) is 0 Å². The Bertz CT molecular complexity index is 709. The molecule has 0 aliphatic rings. The third kappa shape index (κ3) is 3.75. The van der Waals surface area contributed by atoms with Crippen LogP contribution in [-0.4, -0.2) is 11.0 Å². The second-order valence-corrected chi connectivity index (χ2v) is 7.01. The van der Waals surface area contributed by atoms with Gasteiger partial charge in [0, 0.05) is 15.6 Å². The molecule has 0 fully saturated rings. The van der Waals surface area contributed by atoms with E-state index in [-0.39, 0.29) is 17.7 Å². The van der Waals surface area contributed by atoms with E-state index in [2.05, 4.69) is 21.2 Å². The molecule has 0 aliphatic carbocycles. The highest BCUT2D eigenvalue weighted by Gasteiger charge is 2.21. The summed E-state index contributed by atoms with van der Waals surface area (Å²) >= 11 is 3.54. The van der Waals surface area contributed by atoms with Gasteiger partial charge in [0.25, 0.3) is 5.91 Å². The summed E-state index contributed by atoms with van der Waals surface area (Å²) in [6.45, 7) is 8.09. The summed E-state index contributed by atoms with van der Waals surface area (Å²) in [7, 11) is 0. The van der Waals surface area contributed by atoms with Gasteiger partial charge in [0.05, 0.1) is 5.69 Å². The highest BCUT2D eigenvalue weighted by molar-refractivity contribution is 9.10. The van der Waals surface area contributed by atoms with Crippen LogP contribution in [0.3, 0.4) is 0 Å². The van der Waals surface area contributed by atoms with Crippen molar-refractivity contribution in [1.82, 2.24) is 0 Å². The summed E-state index contributed by atoms with van der Waals surface area (Å²) in [5.41, 5.74) is 2.94. The van der Waals surface area contributed by atoms with Gasteiger partial charge in [-0.3, -0.25) is 4.79 Å². The molecule has 0 atom stereocenters. The second-order valence-electron chi connectivity index (χ2n) is 6.22. The molecule has 0 saturated heterocycles. The summed E-state index contributed by atoms with van der Waals surface area (Å²) in [5.74, 6) is 0.435. The van der Waals surface area contributed by atoms with Crippen molar-refractivity contribution >= 4 is 27.5 Å². The van der Waals surface area contributed by atoms with Gasteiger partial charge in [0.1, 0.15) is 5.75 Å². The average Bonchev–Trinajstić information content (AvgIpc) is 2.50. The smallest absolute Gasteiger partial charge is 0.255 e. The van der Waals surface area contributed by atoms with Crippen molar-refractivity contribution < 1.29 is 9.90 Å². The van der Waals surface area contributed by atoms with Crippen molar-refractivity contribution in [1.29, 1.82) is 0 Å². The fraction of sp³-hybridized carbons (Fsp3) is 0.316. The fourth-order valence-corrected chi connectivity index (χ4v) is 3.39. The minimum Gasteiger partial charge on any atom is -0.507 e. The van der Waals surface area contributed by atoms with E-state index >= 15 is 0 Å². The van der Waals surface area contributed by atoms with Crippen LogP contribution in [0.5, 0.6) is 5.75 Å². The first-order chi connectivity index (χ1) is 10.8. The van der Waals surface area contributed by atoms with E-state index < -0.39 is 0 Å². The van der Waals surface area contributed by atoms with Crippen LogP contribution in [0.2, 0.25) is 0 Å². The van der Waals surface area contributed by atoms with Crippen LogP contribution in [0, 0.1) is 0 Å². The topological polar surface area (TPSA) is 49.3 Å². The molecule has 0 radical (unpaired) electrons. The Morgan fingerprint density at radius 1 is 1.09 bits per heavy atom. The standard InChI is InChI=1S/C19H22BrNO2/c1-11(2)14-10-15(17(20)16(12(3)4)18(14)22)21-19(23)13-8-6-5-7-9-13/h5-12,22H,1-4H3,(H,21,23). The molecule has 0 heterocycles. The maximum absolute atomic E-state index is 12.4. The van der Waals surface area contributed by atoms with Crippen molar-refractivity contribution in [2.75, 3.05) is 5.32 Å². The SMILES string of the molecule is CC(C)c1cc(NC(=O)c2ccccc2)c(Br)c(C(C)C)c1O. The number of nitrogens with one attached hydrogen (secondary N) is 1. The number of anilines is 1. The highest BCUT2D eigenvalue weighted by Crippen LogP contribution is 2.43. The number of rotatable bonds is 4. The number of hydrogen-bond acceptors (Lipinski definition) is 2. The number of benzene rings is 2. The lowest BCUT2D eigenvalue weighted by Gasteiger charge is -2.20. The molecule has 0 unspecified atom stereocenters. The molecule has 0 aliphatic heterocycles. The van der Waals surface area contributed by atoms with Crippen LogP contribution in [-0.2, 0) is 0 Å². The summed E-state index contributed by atoms with van der Waals surface area (Å²) in [6, 6.07) is 10.9. The number of aromatic hydroxyl groups is 1. The van der Waals surface area contributed by atoms with Gasteiger partial charge in [0.2, 0.25) is 0 Å². The monoisotopic (exact) mass is 375 g/mol. The molecule has 2 aromatic rings. The maximum Gasteiger partial charge on any atom is 0.255 e. The molecule has 0 bridgehead atoms. The first-order valence-corrected chi connectivity index (χ1v) is 8.53. The number of phenols is 1. The lowest BCUT2D eigenvalue weighted by atomic mass is 9.93. The zero-order valence-electron chi connectivity index (χ0n) is 13.9. The van der Waals surface area contributed by atoms with Crippen LogP contribution in [0.1, 0.15) is 61.0 Å². The van der Waals surface area contributed by atoms with Crippen LogP contribution in [0.15, 0.2) is 40.9 Å². The van der Waals surface area contributed by atoms with E-state index in [1.807, 2.05) is 52.0 Å². The van der Waals surface area contributed by atoms with Crippen molar-refractivity contribution in [3.05, 3.63) is 57.6 Å². The summed E-state index contributed by atoms with van der Waals surface area (Å²) < 4.78 is 0.735. The third-order valence-corrected chi connectivity index (χ3v) is 4.64. The predicted molar refractivity (Wildman–Crippen MR) is 98.4 cm³/mol. The molecule has 2 N–H and O–H groups in total. The Hall–Kier alpha value is -1.81. The van der Waals surface area contributed by atoms with Crippen molar-refractivity contribution in [3.8, 4) is 5.75 Å². The largest absolute Gasteiger partial charge is 0.507 e. The lowest BCUT2D eigenvalue weighted by molar-refractivity contribution is 0.102. The molecule has 0 aromatic heterocycles. The molecule has 0 spiro atoms. The zero-order chi connectivity index (χ0) is 17.1. The molecule has 0 saturated carbocycles. The predicted octanol–water partition coefficient (Wildman–Crippen LogP) is 5.65. The van der Waals surface area contributed by atoms with Crippen LogP contribution in [0.4, 0.5) is 5.69 Å².